The summed E-state index contributed by atoms with van der Waals surface area (Å²) in [5.41, 5.74) is -0.0488. The van der Waals surface area contributed by atoms with Gasteiger partial charge < -0.3 is 19.6 Å². The van der Waals surface area contributed by atoms with Crippen molar-refractivity contribution in [2.24, 2.45) is 0 Å². The lowest BCUT2D eigenvalue weighted by Crippen LogP contribution is -2.12. The normalized spacial score (nSPS) is 10.4. The SMILES string of the molecule is COc1ccc(-c2ccc(C(=O)Nc3cc(C(=O)O)ccc3Cl)o2)c([N+](=O)[O-])c1. The minimum atomic E-state index is -1.18. The fourth-order valence-corrected chi connectivity index (χ4v) is 2.71. The van der Waals surface area contributed by atoms with Gasteiger partial charge in [-0.05, 0) is 42.5 Å². The Hall–Kier alpha value is -3.85. The number of carboxylic acid groups (broad SMARTS) is 1. The Kier molecular flexibility index (Phi) is 5.51. The summed E-state index contributed by atoms with van der Waals surface area (Å²) in [6.07, 6.45) is 0. The number of carbonyl (C=O) groups is 2. The molecule has 0 radical (unpaired) electrons. The molecule has 2 aromatic carbocycles. The third-order valence-corrected chi connectivity index (χ3v) is 4.29. The van der Waals surface area contributed by atoms with Crippen molar-refractivity contribution in [1.29, 1.82) is 0 Å². The highest BCUT2D eigenvalue weighted by molar-refractivity contribution is 6.34. The first-order chi connectivity index (χ1) is 13.8. The van der Waals surface area contributed by atoms with Gasteiger partial charge in [0.05, 0.1) is 39.9 Å². The lowest BCUT2D eigenvalue weighted by atomic mass is 10.1. The van der Waals surface area contributed by atoms with Gasteiger partial charge in [-0.25, -0.2) is 4.79 Å². The monoisotopic (exact) mass is 416 g/mol. The van der Waals surface area contributed by atoms with Crippen LogP contribution in [0, 0.1) is 10.1 Å². The molecular weight excluding hydrogens is 404 g/mol. The van der Waals surface area contributed by atoms with Crippen molar-refractivity contribution in [1.82, 2.24) is 0 Å². The zero-order chi connectivity index (χ0) is 21.1. The van der Waals surface area contributed by atoms with Gasteiger partial charge in [0.15, 0.2) is 5.76 Å². The maximum atomic E-state index is 12.4. The highest BCUT2D eigenvalue weighted by atomic mass is 35.5. The van der Waals surface area contributed by atoms with Gasteiger partial charge in [0, 0.05) is 0 Å². The van der Waals surface area contributed by atoms with Crippen LogP contribution in [0.3, 0.4) is 0 Å². The highest BCUT2D eigenvalue weighted by Crippen LogP contribution is 2.34. The quantitative estimate of drug-likeness (QED) is 0.447. The number of carbonyl (C=O) groups excluding carboxylic acids is 1. The number of ether oxygens (including phenoxy) is 1. The highest BCUT2D eigenvalue weighted by Gasteiger charge is 2.21. The van der Waals surface area contributed by atoms with E-state index in [1.54, 1.807) is 0 Å². The van der Waals surface area contributed by atoms with Crippen molar-refractivity contribution in [3.63, 3.8) is 0 Å². The molecule has 1 amide bonds. The van der Waals surface area contributed by atoms with Crippen molar-refractivity contribution in [3.05, 3.63) is 75.0 Å². The minimum Gasteiger partial charge on any atom is -0.497 e. The molecule has 29 heavy (non-hydrogen) atoms. The topological polar surface area (TPSA) is 132 Å². The molecule has 1 aromatic heterocycles. The van der Waals surface area contributed by atoms with Gasteiger partial charge in [-0.1, -0.05) is 11.6 Å². The van der Waals surface area contributed by atoms with Crippen LogP contribution in [0.4, 0.5) is 11.4 Å². The fourth-order valence-electron chi connectivity index (χ4n) is 2.54. The molecule has 9 nitrogen and oxygen atoms in total. The number of nitrogens with zero attached hydrogens (tertiary/aromatic N) is 1. The van der Waals surface area contributed by atoms with Crippen molar-refractivity contribution < 1.29 is 28.8 Å². The Labute approximate surface area is 168 Å². The number of anilines is 1. The fraction of sp³-hybridized carbons (Fsp3) is 0.0526. The van der Waals surface area contributed by atoms with Crippen LogP contribution in [-0.4, -0.2) is 29.0 Å². The van der Waals surface area contributed by atoms with E-state index >= 15 is 0 Å². The third-order valence-electron chi connectivity index (χ3n) is 3.96. The Morgan fingerprint density at radius 2 is 1.93 bits per heavy atom. The second-order valence-corrected chi connectivity index (χ2v) is 6.17. The molecule has 0 saturated heterocycles. The second-order valence-electron chi connectivity index (χ2n) is 5.76. The van der Waals surface area contributed by atoms with Crippen LogP contribution in [-0.2, 0) is 0 Å². The van der Waals surface area contributed by atoms with E-state index in [1.807, 2.05) is 0 Å². The van der Waals surface area contributed by atoms with Gasteiger partial charge in [0.25, 0.3) is 11.6 Å². The first kappa shape index (κ1) is 19.9. The number of hydrogen-bond donors (Lipinski definition) is 2. The van der Waals surface area contributed by atoms with Crippen molar-refractivity contribution >= 4 is 34.9 Å². The molecule has 0 unspecified atom stereocenters. The Morgan fingerprint density at radius 3 is 2.59 bits per heavy atom. The number of benzene rings is 2. The summed E-state index contributed by atoms with van der Waals surface area (Å²) in [5.74, 6) is -1.60. The van der Waals surface area contributed by atoms with Crippen LogP contribution in [0.15, 0.2) is 52.9 Å². The van der Waals surface area contributed by atoms with E-state index in [0.717, 1.165) is 0 Å². The van der Waals surface area contributed by atoms with Crippen LogP contribution in [0.2, 0.25) is 5.02 Å². The molecular formula is C19H13ClN2O7. The third kappa shape index (κ3) is 4.19. The van der Waals surface area contributed by atoms with E-state index in [0.29, 0.717) is 5.75 Å². The van der Waals surface area contributed by atoms with E-state index in [-0.39, 0.29) is 39.0 Å². The molecule has 0 aliphatic carbocycles. The van der Waals surface area contributed by atoms with Crippen LogP contribution in [0.5, 0.6) is 5.75 Å². The molecule has 148 valence electrons. The largest absolute Gasteiger partial charge is 0.497 e. The summed E-state index contributed by atoms with van der Waals surface area (Å²) in [6.45, 7) is 0. The Bertz CT molecular complexity index is 1120. The van der Waals surface area contributed by atoms with Gasteiger partial charge in [-0.3, -0.25) is 14.9 Å². The van der Waals surface area contributed by atoms with Gasteiger partial charge in [-0.2, -0.15) is 0 Å². The standard InChI is InChI=1S/C19H13ClN2O7/c1-28-11-3-4-12(15(9-11)22(26)27)16-6-7-17(29-16)18(23)21-14-8-10(19(24)25)2-5-13(14)20/h2-9H,1H3,(H,21,23)(H,24,25). The molecule has 3 aromatic rings. The predicted octanol–water partition coefficient (Wildman–Crippen LogP) is 4.47. The van der Waals surface area contributed by atoms with Crippen LogP contribution in [0.1, 0.15) is 20.9 Å². The summed E-state index contributed by atoms with van der Waals surface area (Å²) in [4.78, 5) is 34.3. The average molecular weight is 417 g/mol. The molecule has 3 rings (SSSR count). The number of halogens is 1. The van der Waals surface area contributed by atoms with Crippen molar-refractivity contribution in [2.45, 2.75) is 0 Å². The second kappa shape index (κ2) is 8.03. The zero-order valence-electron chi connectivity index (χ0n) is 14.8. The number of methoxy groups -OCH3 is 1. The predicted molar refractivity (Wildman–Crippen MR) is 104 cm³/mol. The summed E-state index contributed by atoms with van der Waals surface area (Å²) in [5, 5.41) is 23.0. The average Bonchev–Trinajstić information content (AvgIpc) is 3.19. The van der Waals surface area contributed by atoms with Gasteiger partial charge in [-0.15, -0.1) is 0 Å². The van der Waals surface area contributed by atoms with Gasteiger partial charge in [0.2, 0.25) is 0 Å². The molecule has 0 fully saturated rings. The number of amides is 1. The first-order valence-corrected chi connectivity index (χ1v) is 8.44. The van der Waals surface area contributed by atoms with Crippen LogP contribution in [0.25, 0.3) is 11.3 Å². The van der Waals surface area contributed by atoms with Crippen molar-refractivity contribution in [3.8, 4) is 17.1 Å². The molecule has 0 atom stereocenters. The van der Waals surface area contributed by atoms with Gasteiger partial charge >= 0.3 is 5.97 Å². The molecule has 0 aliphatic heterocycles. The maximum absolute atomic E-state index is 12.4. The first-order valence-electron chi connectivity index (χ1n) is 8.07. The van der Waals surface area contributed by atoms with Crippen LogP contribution >= 0.6 is 11.6 Å². The number of furan rings is 1. The number of aromatic carboxylic acids is 1. The minimum absolute atomic E-state index is 0.0568. The molecule has 0 saturated carbocycles. The van der Waals surface area contributed by atoms with E-state index in [1.165, 1.54) is 55.6 Å². The number of carboxylic acids is 1. The maximum Gasteiger partial charge on any atom is 0.335 e. The van der Waals surface area contributed by atoms with E-state index in [2.05, 4.69) is 5.32 Å². The molecule has 2 N–H and O–H groups in total. The van der Waals surface area contributed by atoms with E-state index in [9.17, 15) is 19.7 Å². The van der Waals surface area contributed by atoms with E-state index < -0.39 is 16.8 Å². The number of rotatable bonds is 6. The number of nitro benzene ring substituents is 1. The summed E-state index contributed by atoms with van der Waals surface area (Å²) < 4.78 is 10.5. The van der Waals surface area contributed by atoms with Crippen LogP contribution < -0.4 is 10.1 Å². The number of nitro groups is 1. The molecule has 0 spiro atoms. The molecule has 0 aliphatic rings. The Morgan fingerprint density at radius 1 is 1.17 bits per heavy atom. The molecule has 1 heterocycles. The summed E-state index contributed by atoms with van der Waals surface area (Å²) in [7, 11) is 1.39. The lowest BCUT2D eigenvalue weighted by Gasteiger charge is -2.07. The number of nitrogens with one attached hydrogen (secondary N) is 1. The van der Waals surface area contributed by atoms with E-state index in [4.69, 9.17) is 25.9 Å². The lowest BCUT2D eigenvalue weighted by molar-refractivity contribution is -0.384. The smallest absolute Gasteiger partial charge is 0.335 e. The molecule has 10 heteroatoms. The summed E-state index contributed by atoms with van der Waals surface area (Å²) in [6, 6.07) is 10.8. The van der Waals surface area contributed by atoms with Crippen molar-refractivity contribution in [2.75, 3.05) is 12.4 Å². The Balaban J connectivity index is 1.89. The zero-order valence-corrected chi connectivity index (χ0v) is 15.6. The summed E-state index contributed by atoms with van der Waals surface area (Å²) >= 11 is 5.99. The molecule has 0 bridgehead atoms. The number of hydrogen-bond acceptors (Lipinski definition) is 6. The van der Waals surface area contributed by atoms with Gasteiger partial charge in [0.1, 0.15) is 11.5 Å².